The Labute approximate surface area is 128 Å². The van der Waals surface area contributed by atoms with Gasteiger partial charge in [-0.15, -0.1) is 12.4 Å². The van der Waals surface area contributed by atoms with Crippen LogP contribution in [0.15, 0.2) is 30.6 Å². The Hall–Kier alpha value is -1.92. The van der Waals surface area contributed by atoms with Gasteiger partial charge in [-0.25, -0.2) is 0 Å². The van der Waals surface area contributed by atoms with Crippen LogP contribution in [0.5, 0.6) is 5.75 Å². The normalized spacial score (nSPS) is 15.4. The molecule has 1 aliphatic heterocycles. The van der Waals surface area contributed by atoms with Gasteiger partial charge in [0, 0.05) is 17.8 Å². The topological polar surface area (TPSA) is 77.3 Å². The molecule has 0 saturated carbocycles. The maximum atomic E-state index is 11.4. The van der Waals surface area contributed by atoms with Crippen LogP contribution >= 0.6 is 12.4 Å². The van der Waals surface area contributed by atoms with E-state index in [0.717, 1.165) is 31.3 Å². The van der Waals surface area contributed by atoms with Gasteiger partial charge in [0.1, 0.15) is 6.10 Å². The highest BCUT2D eigenvalue weighted by Crippen LogP contribution is 2.35. The monoisotopic (exact) mass is 309 g/mol. The van der Waals surface area contributed by atoms with E-state index in [9.17, 15) is 10.1 Å². The minimum absolute atomic E-state index is 0. The second kappa shape index (κ2) is 6.69. The van der Waals surface area contributed by atoms with Gasteiger partial charge in [0.2, 0.25) is 0 Å². The van der Waals surface area contributed by atoms with E-state index in [1.807, 2.05) is 6.07 Å². The molecule has 0 radical (unpaired) electrons. The molecule has 0 spiro atoms. The third-order valence-corrected chi connectivity index (χ3v) is 3.52. The molecule has 2 aromatic rings. The zero-order valence-corrected chi connectivity index (χ0v) is 12.1. The van der Waals surface area contributed by atoms with Crippen molar-refractivity contribution >= 4 is 28.9 Å². The number of ether oxygens (including phenoxy) is 1. The lowest BCUT2D eigenvalue weighted by Gasteiger charge is -2.23. The molecule has 21 heavy (non-hydrogen) atoms. The molecule has 0 aliphatic carbocycles. The number of hydrogen-bond donors (Lipinski definition) is 1. The molecular weight excluding hydrogens is 294 g/mol. The van der Waals surface area contributed by atoms with Crippen molar-refractivity contribution in [3.63, 3.8) is 0 Å². The largest absolute Gasteiger partial charge is 0.483 e. The van der Waals surface area contributed by atoms with Crippen LogP contribution in [0.1, 0.15) is 12.8 Å². The number of piperidine rings is 1. The van der Waals surface area contributed by atoms with Gasteiger partial charge in [-0.2, -0.15) is 0 Å². The molecule has 0 amide bonds. The lowest BCUT2D eigenvalue weighted by Crippen LogP contribution is -2.34. The summed E-state index contributed by atoms with van der Waals surface area (Å²) in [5, 5.41) is 15.9. The standard InChI is InChI=1S/C14H15N3O3.ClH/c18-17(19)14-12-5-8-16-9-10(12)1-2-13(14)20-11-3-6-15-7-4-11;/h1-2,5,8-9,11,15H,3-4,6-7H2;1H. The van der Waals surface area contributed by atoms with E-state index in [1.165, 1.54) is 0 Å². The summed E-state index contributed by atoms with van der Waals surface area (Å²) < 4.78 is 5.85. The first-order valence-corrected chi connectivity index (χ1v) is 6.64. The van der Waals surface area contributed by atoms with Gasteiger partial charge < -0.3 is 10.1 Å². The number of nitrogens with one attached hydrogen (secondary N) is 1. The zero-order valence-electron chi connectivity index (χ0n) is 11.3. The molecule has 1 aromatic heterocycles. The van der Waals surface area contributed by atoms with E-state index in [4.69, 9.17) is 4.74 Å². The van der Waals surface area contributed by atoms with Crippen molar-refractivity contribution in [1.29, 1.82) is 0 Å². The minimum atomic E-state index is -0.376. The molecular formula is C14H16ClN3O3. The van der Waals surface area contributed by atoms with E-state index in [2.05, 4.69) is 10.3 Å². The van der Waals surface area contributed by atoms with Crippen molar-refractivity contribution < 1.29 is 9.66 Å². The van der Waals surface area contributed by atoms with E-state index >= 15 is 0 Å². The summed E-state index contributed by atoms with van der Waals surface area (Å²) in [7, 11) is 0. The number of nitro groups is 1. The molecule has 2 heterocycles. The Morgan fingerprint density at radius 2 is 2.05 bits per heavy atom. The predicted octanol–water partition coefficient (Wildman–Crippen LogP) is 2.70. The Morgan fingerprint density at radius 1 is 1.29 bits per heavy atom. The first kappa shape index (κ1) is 15.5. The molecule has 0 atom stereocenters. The Kier molecular flexibility index (Phi) is 4.93. The minimum Gasteiger partial charge on any atom is -0.483 e. The molecule has 1 saturated heterocycles. The number of halogens is 1. The highest BCUT2D eigenvalue weighted by atomic mass is 35.5. The first-order valence-electron chi connectivity index (χ1n) is 6.64. The second-order valence-corrected chi connectivity index (χ2v) is 4.83. The van der Waals surface area contributed by atoms with E-state index in [0.29, 0.717) is 11.1 Å². The molecule has 3 rings (SSSR count). The molecule has 1 aliphatic rings. The summed E-state index contributed by atoms with van der Waals surface area (Å²) in [4.78, 5) is 15.0. The fourth-order valence-electron chi connectivity index (χ4n) is 2.51. The summed E-state index contributed by atoms with van der Waals surface area (Å²) in [5.41, 5.74) is 0.0310. The van der Waals surface area contributed by atoms with Gasteiger partial charge in [0.25, 0.3) is 0 Å². The van der Waals surface area contributed by atoms with Crippen LogP contribution in [0.4, 0.5) is 5.69 Å². The highest BCUT2D eigenvalue weighted by Gasteiger charge is 2.23. The predicted molar refractivity (Wildman–Crippen MR) is 82.2 cm³/mol. The van der Waals surface area contributed by atoms with Crippen molar-refractivity contribution in [2.45, 2.75) is 18.9 Å². The van der Waals surface area contributed by atoms with Gasteiger partial charge in [-0.3, -0.25) is 15.1 Å². The highest BCUT2D eigenvalue weighted by molar-refractivity contribution is 5.92. The average molecular weight is 310 g/mol. The van der Waals surface area contributed by atoms with Crippen molar-refractivity contribution in [3.8, 4) is 5.75 Å². The fraction of sp³-hybridized carbons (Fsp3) is 0.357. The molecule has 0 unspecified atom stereocenters. The quantitative estimate of drug-likeness (QED) is 0.696. The number of benzene rings is 1. The van der Waals surface area contributed by atoms with E-state index in [1.54, 1.807) is 24.5 Å². The molecule has 1 fully saturated rings. The summed E-state index contributed by atoms with van der Waals surface area (Å²) in [6.07, 6.45) is 4.95. The number of rotatable bonds is 3. The van der Waals surface area contributed by atoms with Crippen molar-refractivity contribution in [2.75, 3.05) is 13.1 Å². The average Bonchev–Trinajstić information content (AvgIpc) is 2.47. The number of hydrogen-bond acceptors (Lipinski definition) is 5. The Balaban J connectivity index is 0.00000161. The maximum Gasteiger partial charge on any atom is 0.318 e. The molecule has 6 nitrogen and oxygen atoms in total. The van der Waals surface area contributed by atoms with Crippen molar-refractivity contribution in [2.24, 2.45) is 0 Å². The van der Waals surface area contributed by atoms with Crippen molar-refractivity contribution in [1.82, 2.24) is 10.3 Å². The zero-order chi connectivity index (χ0) is 13.9. The van der Waals surface area contributed by atoms with Crippen LogP contribution in [0.25, 0.3) is 10.8 Å². The van der Waals surface area contributed by atoms with Crippen LogP contribution in [0.2, 0.25) is 0 Å². The second-order valence-electron chi connectivity index (χ2n) is 4.83. The van der Waals surface area contributed by atoms with Crippen LogP contribution in [0, 0.1) is 10.1 Å². The maximum absolute atomic E-state index is 11.4. The Bertz CT molecular complexity index is 644. The Morgan fingerprint density at radius 3 is 2.76 bits per heavy atom. The van der Waals surface area contributed by atoms with Gasteiger partial charge in [0.05, 0.1) is 10.3 Å². The summed E-state index contributed by atoms with van der Waals surface area (Å²) >= 11 is 0. The number of nitrogens with zero attached hydrogens (tertiary/aromatic N) is 2. The number of fused-ring (bicyclic) bond motifs is 1. The van der Waals surface area contributed by atoms with Gasteiger partial charge in [0.15, 0.2) is 5.75 Å². The number of nitro benzene ring substituents is 1. The molecule has 1 N–H and O–H groups in total. The van der Waals surface area contributed by atoms with Crippen LogP contribution in [-0.4, -0.2) is 29.1 Å². The smallest absolute Gasteiger partial charge is 0.318 e. The summed E-state index contributed by atoms with van der Waals surface area (Å²) in [5.74, 6) is 0.348. The van der Waals surface area contributed by atoms with Gasteiger partial charge >= 0.3 is 5.69 Å². The lowest BCUT2D eigenvalue weighted by molar-refractivity contribution is -0.384. The lowest BCUT2D eigenvalue weighted by atomic mass is 10.1. The molecule has 7 heteroatoms. The number of pyridine rings is 1. The fourth-order valence-corrected chi connectivity index (χ4v) is 2.51. The SMILES string of the molecule is Cl.O=[N+]([O-])c1c(OC2CCNCC2)ccc2cnccc12. The third-order valence-electron chi connectivity index (χ3n) is 3.52. The summed E-state index contributed by atoms with van der Waals surface area (Å²) in [6.45, 7) is 1.77. The van der Waals surface area contributed by atoms with E-state index < -0.39 is 0 Å². The molecule has 0 bridgehead atoms. The third kappa shape index (κ3) is 3.22. The molecule has 1 aromatic carbocycles. The summed E-state index contributed by atoms with van der Waals surface area (Å²) in [6, 6.07) is 5.14. The van der Waals surface area contributed by atoms with Crippen LogP contribution < -0.4 is 10.1 Å². The molecule has 112 valence electrons. The van der Waals surface area contributed by atoms with Crippen LogP contribution in [0.3, 0.4) is 0 Å². The number of aromatic nitrogens is 1. The van der Waals surface area contributed by atoms with Crippen molar-refractivity contribution in [3.05, 3.63) is 40.7 Å². The van der Waals surface area contributed by atoms with Gasteiger partial charge in [-0.05, 0) is 44.1 Å². The first-order chi connectivity index (χ1) is 9.75. The van der Waals surface area contributed by atoms with Crippen LogP contribution in [-0.2, 0) is 0 Å². The van der Waals surface area contributed by atoms with Gasteiger partial charge in [-0.1, -0.05) is 0 Å². The van der Waals surface area contributed by atoms with E-state index in [-0.39, 0.29) is 29.1 Å².